The van der Waals surface area contributed by atoms with Crippen LogP contribution in [0.1, 0.15) is 26.2 Å². The fourth-order valence-electron chi connectivity index (χ4n) is 2.20. The Morgan fingerprint density at radius 1 is 1.26 bits per heavy atom. The van der Waals surface area contributed by atoms with Gasteiger partial charge in [0.2, 0.25) is 5.95 Å². The number of fused-ring (bicyclic) bond motifs is 1. The zero-order valence-electron chi connectivity index (χ0n) is 11.3. The lowest BCUT2D eigenvalue weighted by Crippen LogP contribution is -2.16. The lowest BCUT2D eigenvalue weighted by atomic mass is 10.0. The lowest BCUT2D eigenvalue weighted by molar-refractivity contribution is 0.489. The molecule has 1 aromatic carbocycles. The second-order valence-electron chi connectivity index (χ2n) is 4.77. The van der Waals surface area contributed by atoms with Crippen LogP contribution < -0.4 is 5.32 Å². The van der Waals surface area contributed by atoms with Crippen molar-refractivity contribution < 1.29 is 0 Å². The van der Waals surface area contributed by atoms with E-state index in [1.165, 1.54) is 12.8 Å². The number of aromatic nitrogens is 2. The topological polar surface area (TPSA) is 37.8 Å². The van der Waals surface area contributed by atoms with Gasteiger partial charge in [-0.25, -0.2) is 9.97 Å². The number of halogens is 1. The zero-order valence-corrected chi connectivity index (χ0v) is 12.0. The van der Waals surface area contributed by atoms with Crippen molar-refractivity contribution in [3.63, 3.8) is 0 Å². The van der Waals surface area contributed by atoms with Gasteiger partial charge in [-0.3, -0.25) is 0 Å². The summed E-state index contributed by atoms with van der Waals surface area (Å²) in [6.45, 7) is 3.09. The molecule has 102 valence electrons. The van der Waals surface area contributed by atoms with Crippen LogP contribution in [0.2, 0.25) is 0 Å². The minimum absolute atomic E-state index is 0.595. The molecule has 1 heterocycles. The van der Waals surface area contributed by atoms with E-state index in [-0.39, 0.29) is 0 Å². The SMILES string of the molecule is CCCC(CCCl)CNc1ncc2ccccc2n1. The first-order chi connectivity index (χ1) is 9.33. The second kappa shape index (κ2) is 7.29. The van der Waals surface area contributed by atoms with Crippen LogP contribution in [-0.2, 0) is 0 Å². The normalized spacial score (nSPS) is 12.5. The highest BCUT2D eigenvalue weighted by Crippen LogP contribution is 2.15. The molecular formula is C15H20ClN3. The molecule has 1 atom stereocenters. The summed E-state index contributed by atoms with van der Waals surface area (Å²) in [5, 5.41) is 4.39. The summed E-state index contributed by atoms with van der Waals surface area (Å²) in [5.74, 6) is 2.01. The number of benzene rings is 1. The van der Waals surface area contributed by atoms with Crippen LogP contribution in [0.3, 0.4) is 0 Å². The third kappa shape index (κ3) is 4.06. The number of nitrogens with zero attached hydrogens (tertiary/aromatic N) is 2. The summed E-state index contributed by atoms with van der Waals surface area (Å²) in [6, 6.07) is 8.01. The Bertz CT molecular complexity index is 509. The molecule has 0 aliphatic rings. The molecule has 19 heavy (non-hydrogen) atoms. The van der Waals surface area contributed by atoms with E-state index in [0.717, 1.165) is 23.9 Å². The van der Waals surface area contributed by atoms with Crippen molar-refractivity contribution in [2.24, 2.45) is 5.92 Å². The standard InChI is InChI=1S/C15H20ClN3/c1-2-5-12(8-9-16)10-17-15-18-11-13-6-3-4-7-14(13)19-15/h3-4,6-7,11-12H,2,5,8-10H2,1H3,(H,17,18,19). The largest absolute Gasteiger partial charge is 0.354 e. The van der Waals surface area contributed by atoms with E-state index in [1.807, 2.05) is 30.5 Å². The molecule has 0 amide bonds. The summed E-state index contributed by atoms with van der Waals surface area (Å²) in [6.07, 6.45) is 5.27. The molecular weight excluding hydrogens is 258 g/mol. The van der Waals surface area contributed by atoms with Gasteiger partial charge in [0, 0.05) is 24.0 Å². The minimum atomic E-state index is 0.595. The predicted molar refractivity (Wildman–Crippen MR) is 81.8 cm³/mol. The van der Waals surface area contributed by atoms with E-state index >= 15 is 0 Å². The third-order valence-corrected chi connectivity index (χ3v) is 3.47. The van der Waals surface area contributed by atoms with Gasteiger partial charge >= 0.3 is 0 Å². The van der Waals surface area contributed by atoms with Crippen LogP contribution in [-0.4, -0.2) is 22.4 Å². The van der Waals surface area contributed by atoms with Gasteiger partial charge in [-0.05, 0) is 24.8 Å². The molecule has 1 N–H and O–H groups in total. The maximum atomic E-state index is 5.83. The molecule has 0 saturated heterocycles. The molecule has 1 aromatic heterocycles. The molecule has 0 bridgehead atoms. The molecule has 0 radical (unpaired) electrons. The van der Waals surface area contributed by atoms with Crippen molar-refractivity contribution in [2.45, 2.75) is 26.2 Å². The molecule has 4 heteroatoms. The van der Waals surface area contributed by atoms with Crippen LogP contribution in [0.5, 0.6) is 0 Å². The smallest absolute Gasteiger partial charge is 0.223 e. The maximum Gasteiger partial charge on any atom is 0.223 e. The Labute approximate surface area is 119 Å². The number of rotatable bonds is 7. The summed E-state index contributed by atoms with van der Waals surface area (Å²) >= 11 is 5.83. The van der Waals surface area contributed by atoms with Crippen molar-refractivity contribution >= 4 is 28.5 Å². The predicted octanol–water partition coefficient (Wildman–Crippen LogP) is 4.09. The van der Waals surface area contributed by atoms with Crippen molar-refractivity contribution in [3.8, 4) is 0 Å². The van der Waals surface area contributed by atoms with Crippen LogP contribution in [0, 0.1) is 5.92 Å². The van der Waals surface area contributed by atoms with E-state index in [9.17, 15) is 0 Å². The van der Waals surface area contributed by atoms with Gasteiger partial charge in [-0.15, -0.1) is 11.6 Å². The van der Waals surface area contributed by atoms with Crippen LogP contribution in [0.4, 0.5) is 5.95 Å². The fourth-order valence-corrected chi connectivity index (χ4v) is 2.51. The molecule has 3 nitrogen and oxygen atoms in total. The Hall–Kier alpha value is -1.35. The van der Waals surface area contributed by atoms with Crippen molar-refractivity contribution in [2.75, 3.05) is 17.7 Å². The molecule has 2 aromatic rings. The van der Waals surface area contributed by atoms with E-state index < -0.39 is 0 Å². The van der Waals surface area contributed by atoms with Gasteiger partial charge in [0.05, 0.1) is 5.52 Å². The minimum Gasteiger partial charge on any atom is -0.354 e. The number of para-hydroxylation sites is 1. The average molecular weight is 278 g/mol. The lowest BCUT2D eigenvalue weighted by Gasteiger charge is -2.15. The van der Waals surface area contributed by atoms with Gasteiger partial charge < -0.3 is 5.32 Å². The summed E-state index contributed by atoms with van der Waals surface area (Å²) in [5.41, 5.74) is 0.976. The molecule has 0 aliphatic heterocycles. The summed E-state index contributed by atoms with van der Waals surface area (Å²) in [4.78, 5) is 8.86. The van der Waals surface area contributed by atoms with E-state index in [4.69, 9.17) is 11.6 Å². The molecule has 0 spiro atoms. The molecule has 1 unspecified atom stereocenters. The highest BCUT2D eigenvalue weighted by atomic mass is 35.5. The Kier molecular flexibility index (Phi) is 5.40. The second-order valence-corrected chi connectivity index (χ2v) is 5.14. The summed E-state index contributed by atoms with van der Waals surface area (Å²) < 4.78 is 0. The third-order valence-electron chi connectivity index (χ3n) is 3.25. The first-order valence-electron chi connectivity index (χ1n) is 6.85. The monoisotopic (exact) mass is 277 g/mol. The van der Waals surface area contributed by atoms with Crippen LogP contribution in [0.25, 0.3) is 10.9 Å². The first-order valence-corrected chi connectivity index (χ1v) is 7.38. The van der Waals surface area contributed by atoms with Crippen LogP contribution in [0.15, 0.2) is 30.5 Å². The number of anilines is 1. The van der Waals surface area contributed by atoms with Crippen molar-refractivity contribution in [1.29, 1.82) is 0 Å². The first kappa shape index (κ1) is 14.1. The van der Waals surface area contributed by atoms with Gasteiger partial charge in [0.15, 0.2) is 0 Å². The quantitative estimate of drug-likeness (QED) is 0.775. The Balaban J connectivity index is 2.00. The van der Waals surface area contributed by atoms with Crippen LogP contribution >= 0.6 is 11.6 Å². The Morgan fingerprint density at radius 3 is 2.89 bits per heavy atom. The molecule has 2 rings (SSSR count). The average Bonchev–Trinajstić information content (AvgIpc) is 2.45. The van der Waals surface area contributed by atoms with Gasteiger partial charge in [0.25, 0.3) is 0 Å². The molecule has 0 aliphatic carbocycles. The van der Waals surface area contributed by atoms with E-state index in [0.29, 0.717) is 17.7 Å². The molecule has 0 saturated carbocycles. The Morgan fingerprint density at radius 2 is 2.11 bits per heavy atom. The fraction of sp³-hybridized carbons (Fsp3) is 0.467. The zero-order chi connectivity index (χ0) is 13.5. The van der Waals surface area contributed by atoms with Crippen molar-refractivity contribution in [3.05, 3.63) is 30.5 Å². The maximum absolute atomic E-state index is 5.83. The van der Waals surface area contributed by atoms with Crippen molar-refractivity contribution in [1.82, 2.24) is 9.97 Å². The number of alkyl halides is 1. The van der Waals surface area contributed by atoms with E-state index in [1.54, 1.807) is 0 Å². The number of nitrogens with one attached hydrogen (secondary N) is 1. The number of hydrogen-bond donors (Lipinski definition) is 1. The highest BCUT2D eigenvalue weighted by molar-refractivity contribution is 6.17. The van der Waals surface area contributed by atoms with Gasteiger partial charge in [-0.2, -0.15) is 0 Å². The number of hydrogen-bond acceptors (Lipinski definition) is 3. The van der Waals surface area contributed by atoms with E-state index in [2.05, 4.69) is 22.2 Å². The summed E-state index contributed by atoms with van der Waals surface area (Å²) in [7, 11) is 0. The van der Waals surface area contributed by atoms with Gasteiger partial charge in [0.1, 0.15) is 0 Å². The van der Waals surface area contributed by atoms with Gasteiger partial charge in [-0.1, -0.05) is 31.5 Å². The highest BCUT2D eigenvalue weighted by Gasteiger charge is 2.08. The molecule has 0 fully saturated rings.